The van der Waals surface area contributed by atoms with Crippen molar-refractivity contribution in [3.63, 3.8) is 0 Å². The number of benzene rings is 2. The average Bonchev–Trinajstić information content (AvgIpc) is 3.22. The molecule has 3 atom stereocenters. The molecule has 0 amide bonds. The summed E-state index contributed by atoms with van der Waals surface area (Å²) in [5, 5.41) is 20.5. The molecule has 31 heavy (non-hydrogen) atoms. The first-order valence-corrected chi connectivity index (χ1v) is 10.7. The molecule has 2 bridgehead atoms. The average molecular weight is 423 g/mol. The van der Waals surface area contributed by atoms with Crippen molar-refractivity contribution >= 4 is 11.9 Å². The molecule has 0 radical (unpaired) electrons. The van der Waals surface area contributed by atoms with Gasteiger partial charge in [0.1, 0.15) is 17.2 Å². The summed E-state index contributed by atoms with van der Waals surface area (Å²) < 4.78 is 11.9. The summed E-state index contributed by atoms with van der Waals surface area (Å²) in [4.78, 5) is 12.9. The Bertz CT molecular complexity index is 1020. The van der Waals surface area contributed by atoms with Crippen molar-refractivity contribution in [3.8, 4) is 17.2 Å². The summed E-state index contributed by atoms with van der Waals surface area (Å²) in [5.41, 5.74) is 1.43. The molecule has 2 fully saturated rings. The third kappa shape index (κ3) is 3.72. The lowest BCUT2D eigenvalue weighted by Crippen LogP contribution is -2.41. The quantitative estimate of drug-likeness (QED) is 0.498. The van der Waals surface area contributed by atoms with Crippen LogP contribution in [0.3, 0.4) is 0 Å². The van der Waals surface area contributed by atoms with E-state index in [0.29, 0.717) is 17.7 Å². The Hall–Kier alpha value is -2.79. The Morgan fingerprint density at radius 3 is 2.48 bits per heavy atom. The summed E-state index contributed by atoms with van der Waals surface area (Å²) in [6, 6.07) is 9.91. The molecule has 5 heteroatoms. The highest BCUT2D eigenvalue weighted by atomic mass is 16.5. The van der Waals surface area contributed by atoms with Crippen LogP contribution in [0.2, 0.25) is 0 Å². The van der Waals surface area contributed by atoms with Gasteiger partial charge in [-0.3, -0.25) is 4.79 Å². The smallest absolute Gasteiger partial charge is 0.189 e. The van der Waals surface area contributed by atoms with Gasteiger partial charge in [-0.15, -0.1) is 0 Å². The Balaban J connectivity index is 1.64. The SMILES string of the molecule is COc1ccc(C(=O)/C=C/c2ccc(O)cc2)c(O)c1CC1C2(C)CCC(O2)C1(C)C. The van der Waals surface area contributed by atoms with Crippen molar-refractivity contribution in [1.29, 1.82) is 0 Å². The lowest BCUT2D eigenvalue weighted by molar-refractivity contribution is 0.00588. The second-order valence-electron chi connectivity index (χ2n) is 9.47. The predicted octanol–water partition coefficient (Wildman–Crippen LogP) is 5.14. The van der Waals surface area contributed by atoms with E-state index in [0.717, 1.165) is 18.4 Å². The summed E-state index contributed by atoms with van der Waals surface area (Å²) in [6.07, 6.45) is 5.96. The van der Waals surface area contributed by atoms with Crippen LogP contribution >= 0.6 is 0 Å². The van der Waals surface area contributed by atoms with E-state index in [2.05, 4.69) is 20.8 Å². The number of allylic oxidation sites excluding steroid dienone is 1. The van der Waals surface area contributed by atoms with E-state index in [1.165, 1.54) is 6.08 Å². The third-order valence-corrected chi connectivity index (χ3v) is 7.23. The van der Waals surface area contributed by atoms with E-state index in [1.807, 2.05) is 0 Å². The van der Waals surface area contributed by atoms with Gasteiger partial charge in [-0.1, -0.05) is 32.1 Å². The van der Waals surface area contributed by atoms with Gasteiger partial charge < -0.3 is 19.7 Å². The second-order valence-corrected chi connectivity index (χ2v) is 9.47. The third-order valence-electron chi connectivity index (χ3n) is 7.23. The van der Waals surface area contributed by atoms with Crippen molar-refractivity contribution in [2.24, 2.45) is 11.3 Å². The lowest BCUT2D eigenvalue weighted by Gasteiger charge is -2.39. The number of rotatable bonds is 6. The summed E-state index contributed by atoms with van der Waals surface area (Å²) >= 11 is 0. The van der Waals surface area contributed by atoms with Gasteiger partial charge in [0, 0.05) is 5.56 Å². The number of methoxy groups -OCH3 is 1. The number of ether oxygens (including phenoxy) is 2. The van der Waals surface area contributed by atoms with Gasteiger partial charge in [-0.25, -0.2) is 0 Å². The number of ketones is 1. The fourth-order valence-electron chi connectivity index (χ4n) is 5.39. The maximum atomic E-state index is 12.9. The van der Waals surface area contributed by atoms with Crippen LogP contribution < -0.4 is 4.74 Å². The van der Waals surface area contributed by atoms with E-state index >= 15 is 0 Å². The van der Waals surface area contributed by atoms with Crippen molar-refractivity contribution in [1.82, 2.24) is 0 Å². The number of carbonyl (C=O) groups excluding carboxylic acids is 1. The number of carbonyl (C=O) groups is 1. The molecule has 2 heterocycles. The Labute approximate surface area is 183 Å². The van der Waals surface area contributed by atoms with Gasteiger partial charge in [0.2, 0.25) is 0 Å². The molecule has 2 aliphatic heterocycles. The standard InChI is InChI=1S/C26H30O5/c1-25(2)22(26(3)14-13-23(25)31-26)15-19-21(30-4)12-10-18(24(19)29)20(28)11-7-16-5-8-17(27)9-6-16/h5-12,22-23,27,29H,13-15H2,1-4H3/b11-7+. The van der Waals surface area contributed by atoms with Crippen LogP contribution in [0.1, 0.15) is 55.1 Å². The van der Waals surface area contributed by atoms with Crippen molar-refractivity contribution in [2.75, 3.05) is 7.11 Å². The zero-order valence-corrected chi connectivity index (χ0v) is 18.5. The van der Waals surface area contributed by atoms with Gasteiger partial charge in [-0.05, 0) is 73.4 Å². The zero-order valence-electron chi connectivity index (χ0n) is 18.5. The number of fused-ring (bicyclic) bond motifs is 2. The molecule has 2 saturated heterocycles. The largest absolute Gasteiger partial charge is 0.508 e. The van der Waals surface area contributed by atoms with Gasteiger partial charge in [0.25, 0.3) is 0 Å². The van der Waals surface area contributed by atoms with E-state index in [-0.39, 0.29) is 45.9 Å². The Kier molecular flexibility index (Phi) is 5.34. The van der Waals surface area contributed by atoms with Gasteiger partial charge in [0.15, 0.2) is 5.78 Å². The number of aromatic hydroxyl groups is 2. The minimum absolute atomic E-state index is 0.0246. The summed E-state index contributed by atoms with van der Waals surface area (Å²) in [6.45, 7) is 6.61. The maximum absolute atomic E-state index is 12.9. The van der Waals surface area contributed by atoms with Gasteiger partial charge in [-0.2, -0.15) is 0 Å². The number of hydrogen-bond acceptors (Lipinski definition) is 5. The highest BCUT2D eigenvalue weighted by Crippen LogP contribution is 2.59. The molecular formula is C26H30O5. The molecule has 2 N–H and O–H groups in total. The van der Waals surface area contributed by atoms with Crippen molar-refractivity contribution in [3.05, 3.63) is 59.2 Å². The molecule has 2 aromatic rings. The topological polar surface area (TPSA) is 76.0 Å². The van der Waals surface area contributed by atoms with Crippen LogP contribution in [0.25, 0.3) is 6.08 Å². The first-order valence-electron chi connectivity index (χ1n) is 10.7. The summed E-state index contributed by atoms with van der Waals surface area (Å²) in [5.74, 6) is 0.642. The van der Waals surface area contributed by atoms with Crippen LogP contribution in [0.4, 0.5) is 0 Å². The van der Waals surface area contributed by atoms with E-state index in [9.17, 15) is 15.0 Å². The lowest BCUT2D eigenvalue weighted by atomic mass is 9.62. The molecule has 4 rings (SSSR count). The molecule has 2 aromatic carbocycles. The van der Waals surface area contributed by atoms with Crippen LogP contribution in [0.15, 0.2) is 42.5 Å². The van der Waals surface area contributed by atoms with Crippen molar-refractivity contribution < 1.29 is 24.5 Å². The first-order chi connectivity index (χ1) is 14.7. The van der Waals surface area contributed by atoms with Gasteiger partial charge >= 0.3 is 0 Å². The molecule has 0 aromatic heterocycles. The van der Waals surface area contributed by atoms with Crippen LogP contribution in [0.5, 0.6) is 17.2 Å². The van der Waals surface area contributed by atoms with Crippen LogP contribution in [0, 0.1) is 11.3 Å². The monoisotopic (exact) mass is 422 g/mol. The molecule has 0 aliphatic carbocycles. The maximum Gasteiger partial charge on any atom is 0.189 e. The highest BCUT2D eigenvalue weighted by Gasteiger charge is 2.60. The molecular weight excluding hydrogens is 392 g/mol. The molecule has 2 aliphatic rings. The second kappa shape index (κ2) is 7.72. The minimum atomic E-state index is -0.288. The van der Waals surface area contributed by atoms with E-state index < -0.39 is 0 Å². The molecule has 5 nitrogen and oxygen atoms in total. The molecule has 164 valence electrons. The highest BCUT2D eigenvalue weighted by molar-refractivity contribution is 6.09. The zero-order chi connectivity index (χ0) is 22.4. The molecule has 0 spiro atoms. The minimum Gasteiger partial charge on any atom is -0.508 e. The number of hydrogen-bond donors (Lipinski definition) is 2. The predicted molar refractivity (Wildman–Crippen MR) is 120 cm³/mol. The fourth-order valence-corrected chi connectivity index (χ4v) is 5.39. The van der Waals surface area contributed by atoms with E-state index in [4.69, 9.17) is 9.47 Å². The molecule has 0 saturated carbocycles. The Morgan fingerprint density at radius 1 is 1.16 bits per heavy atom. The van der Waals surface area contributed by atoms with Crippen LogP contribution in [-0.2, 0) is 11.2 Å². The number of phenols is 2. The number of phenolic OH excluding ortho intramolecular Hbond substituents is 2. The molecule has 3 unspecified atom stereocenters. The first kappa shape index (κ1) is 21.4. The van der Waals surface area contributed by atoms with Crippen molar-refractivity contribution in [2.45, 2.75) is 51.7 Å². The fraction of sp³-hybridized carbons (Fsp3) is 0.423. The van der Waals surface area contributed by atoms with E-state index in [1.54, 1.807) is 49.6 Å². The van der Waals surface area contributed by atoms with Crippen LogP contribution in [-0.4, -0.2) is 34.8 Å². The Morgan fingerprint density at radius 2 is 1.87 bits per heavy atom. The normalized spacial score (nSPS) is 26.5. The summed E-state index contributed by atoms with van der Waals surface area (Å²) in [7, 11) is 1.58. The van der Waals surface area contributed by atoms with Gasteiger partial charge in [0.05, 0.1) is 24.4 Å².